The predicted molar refractivity (Wildman–Crippen MR) is 75.8 cm³/mol. The van der Waals surface area contributed by atoms with E-state index in [0.29, 0.717) is 12.5 Å². The Labute approximate surface area is 115 Å². The van der Waals surface area contributed by atoms with Crippen LogP contribution in [0.25, 0.3) is 0 Å². The number of aliphatic hydroxyl groups is 1. The van der Waals surface area contributed by atoms with Crippen LogP contribution in [0.15, 0.2) is 24.3 Å². The predicted octanol–water partition coefficient (Wildman–Crippen LogP) is 1.90. The lowest BCUT2D eigenvalue weighted by Gasteiger charge is -2.19. The van der Waals surface area contributed by atoms with Crippen molar-refractivity contribution in [1.29, 1.82) is 0 Å². The van der Waals surface area contributed by atoms with Gasteiger partial charge in [-0.15, -0.1) is 6.42 Å². The van der Waals surface area contributed by atoms with Gasteiger partial charge in [0.2, 0.25) is 0 Å². The van der Waals surface area contributed by atoms with E-state index >= 15 is 0 Å². The average molecular weight is 259 g/mol. The van der Waals surface area contributed by atoms with Crippen molar-refractivity contribution in [2.75, 3.05) is 19.7 Å². The Hall–Kier alpha value is -1.50. The summed E-state index contributed by atoms with van der Waals surface area (Å²) in [5, 5.41) is 9.63. The molecule has 0 aliphatic carbocycles. The Kier molecular flexibility index (Phi) is 4.84. The van der Waals surface area contributed by atoms with E-state index in [1.54, 1.807) is 0 Å². The van der Waals surface area contributed by atoms with Crippen LogP contribution in [0.5, 0.6) is 5.75 Å². The number of rotatable bonds is 5. The molecule has 2 unspecified atom stereocenters. The maximum atomic E-state index is 9.63. The molecule has 19 heavy (non-hydrogen) atoms. The van der Waals surface area contributed by atoms with Gasteiger partial charge in [-0.25, -0.2) is 0 Å². The highest BCUT2D eigenvalue weighted by Gasteiger charge is 2.26. The smallest absolute Gasteiger partial charge is 0.148 e. The first kappa shape index (κ1) is 13.9. The van der Waals surface area contributed by atoms with E-state index in [4.69, 9.17) is 11.2 Å². The molecule has 0 amide bonds. The zero-order chi connectivity index (χ0) is 13.7. The Morgan fingerprint density at radius 3 is 3.00 bits per heavy atom. The van der Waals surface area contributed by atoms with Crippen LogP contribution in [0, 0.1) is 18.3 Å². The van der Waals surface area contributed by atoms with E-state index in [-0.39, 0.29) is 6.10 Å². The molecule has 2 rings (SSSR count). The van der Waals surface area contributed by atoms with Crippen LogP contribution in [0.2, 0.25) is 0 Å². The van der Waals surface area contributed by atoms with E-state index in [0.717, 1.165) is 37.4 Å². The monoisotopic (exact) mass is 259 g/mol. The van der Waals surface area contributed by atoms with Gasteiger partial charge in [-0.3, -0.25) is 4.90 Å². The average Bonchev–Trinajstić information content (AvgIpc) is 2.86. The Bertz CT molecular complexity index is 450. The number of nitrogens with zero attached hydrogens (tertiary/aromatic N) is 1. The quantitative estimate of drug-likeness (QED) is 0.820. The Morgan fingerprint density at radius 2 is 2.32 bits per heavy atom. The summed E-state index contributed by atoms with van der Waals surface area (Å²) in [5.74, 6) is 3.74. The summed E-state index contributed by atoms with van der Waals surface area (Å²) in [5.41, 5.74) is 1.16. The van der Waals surface area contributed by atoms with Crippen LogP contribution in [0.3, 0.4) is 0 Å². The molecule has 0 saturated carbocycles. The van der Waals surface area contributed by atoms with E-state index in [1.807, 2.05) is 25.1 Å². The van der Waals surface area contributed by atoms with Crippen molar-refractivity contribution in [3.63, 3.8) is 0 Å². The van der Waals surface area contributed by atoms with Crippen molar-refractivity contribution >= 4 is 0 Å². The van der Waals surface area contributed by atoms with Gasteiger partial charge in [-0.1, -0.05) is 24.1 Å². The number of para-hydroxylation sites is 1. The molecule has 1 aromatic carbocycles. The standard InChI is InChI=1S/C16H21NO2/c1-3-10-19-16-7-5-4-6-15(16)12-17-9-8-14(11-17)13(2)18/h1,4-7,13-14,18H,8-12H2,2H3. The second-order valence-electron chi connectivity index (χ2n) is 5.12. The molecular formula is C16H21NO2. The molecule has 102 valence electrons. The number of benzene rings is 1. The Morgan fingerprint density at radius 1 is 1.53 bits per heavy atom. The summed E-state index contributed by atoms with van der Waals surface area (Å²) in [6, 6.07) is 7.99. The Balaban J connectivity index is 1.98. The van der Waals surface area contributed by atoms with Gasteiger partial charge in [0.25, 0.3) is 0 Å². The zero-order valence-electron chi connectivity index (χ0n) is 11.4. The van der Waals surface area contributed by atoms with Gasteiger partial charge in [0.1, 0.15) is 12.4 Å². The molecule has 1 N–H and O–H groups in total. The molecule has 0 spiro atoms. The molecule has 0 radical (unpaired) electrons. The molecule has 1 fully saturated rings. The molecule has 0 aromatic heterocycles. The largest absolute Gasteiger partial charge is 0.481 e. The summed E-state index contributed by atoms with van der Waals surface area (Å²) in [6.45, 7) is 5.00. The lowest BCUT2D eigenvalue weighted by atomic mass is 10.0. The van der Waals surface area contributed by atoms with E-state index in [2.05, 4.69) is 16.9 Å². The van der Waals surface area contributed by atoms with Gasteiger partial charge in [0.05, 0.1) is 6.10 Å². The van der Waals surface area contributed by atoms with Crippen LogP contribution in [0.1, 0.15) is 18.9 Å². The number of ether oxygens (including phenoxy) is 1. The molecule has 1 saturated heterocycles. The minimum Gasteiger partial charge on any atom is -0.481 e. The van der Waals surface area contributed by atoms with Crippen molar-refractivity contribution in [3.05, 3.63) is 29.8 Å². The first-order valence-corrected chi connectivity index (χ1v) is 6.75. The van der Waals surface area contributed by atoms with Gasteiger partial charge in [-0.05, 0) is 31.9 Å². The molecule has 1 heterocycles. The van der Waals surface area contributed by atoms with Crippen LogP contribution in [-0.4, -0.2) is 35.8 Å². The highest BCUT2D eigenvalue weighted by atomic mass is 16.5. The van der Waals surface area contributed by atoms with Crippen LogP contribution in [0.4, 0.5) is 0 Å². The fourth-order valence-corrected chi connectivity index (χ4v) is 2.54. The normalized spacial score (nSPS) is 21.0. The summed E-state index contributed by atoms with van der Waals surface area (Å²) in [6.07, 6.45) is 6.06. The number of hydrogen-bond donors (Lipinski definition) is 1. The summed E-state index contributed by atoms with van der Waals surface area (Å²) in [7, 11) is 0. The van der Waals surface area contributed by atoms with Crippen molar-refractivity contribution < 1.29 is 9.84 Å². The number of hydrogen-bond acceptors (Lipinski definition) is 3. The molecule has 3 heteroatoms. The maximum absolute atomic E-state index is 9.63. The van der Waals surface area contributed by atoms with Crippen LogP contribution < -0.4 is 4.74 Å². The van der Waals surface area contributed by atoms with Crippen molar-refractivity contribution in [2.24, 2.45) is 5.92 Å². The third-order valence-electron chi connectivity index (χ3n) is 3.67. The second kappa shape index (κ2) is 6.60. The van der Waals surface area contributed by atoms with Gasteiger partial charge in [0, 0.05) is 18.7 Å². The summed E-state index contributed by atoms with van der Waals surface area (Å²) >= 11 is 0. The molecule has 2 atom stereocenters. The summed E-state index contributed by atoms with van der Waals surface area (Å²) in [4.78, 5) is 2.36. The second-order valence-corrected chi connectivity index (χ2v) is 5.12. The molecule has 3 nitrogen and oxygen atoms in total. The zero-order valence-corrected chi connectivity index (χ0v) is 11.4. The van der Waals surface area contributed by atoms with Crippen LogP contribution in [-0.2, 0) is 6.54 Å². The first-order chi connectivity index (χ1) is 9.20. The third-order valence-corrected chi connectivity index (χ3v) is 3.67. The topological polar surface area (TPSA) is 32.7 Å². The van der Waals surface area contributed by atoms with Crippen molar-refractivity contribution in [3.8, 4) is 18.1 Å². The minimum absolute atomic E-state index is 0.224. The van der Waals surface area contributed by atoms with E-state index in [1.165, 1.54) is 0 Å². The lowest BCUT2D eigenvalue weighted by Crippen LogP contribution is -2.24. The molecule has 1 aliphatic rings. The summed E-state index contributed by atoms with van der Waals surface area (Å²) < 4.78 is 5.56. The van der Waals surface area contributed by atoms with Gasteiger partial charge in [0.15, 0.2) is 0 Å². The van der Waals surface area contributed by atoms with Gasteiger partial charge >= 0.3 is 0 Å². The van der Waals surface area contributed by atoms with Gasteiger partial charge < -0.3 is 9.84 Å². The number of likely N-dealkylation sites (tertiary alicyclic amines) is 1. The fraction of sp³-hybridized carbons (Fsp3) is 0.500. The SMILES string of the molecule is C#CCOc1ccccc1CN1CCC(C(C)O)C1. The van der Waals surface area contributed by atoms with Crippen LogP contribution >= 0.6 is 0 Å². The van der Waals surface area contributed by atoms with Gasteiger partial charge in [-0.2, -0.15) is 0 Å². The fourth-order valence-electron chi connectivity index (χ4n) is 2.54. The highest BCUT2D eigenvalue weighted by Crippen LogP contribution is 2.25. The maximum Gasteiger partial charge on any atom is 0.148 e. The van der Waals surface area contributed by atoms with E-state index < -0.39 is 0 Å². The van der Waals surface area contributed by atoms with Crippen molar-refractivity contribution in [1.82, 2.24) is 4.90 Å². The third kappa shape index (κ3) is 3.73. The minimum atomic E-state index is -0.224. The van der Waals surface area contributed by atoms with Crippen molar-refractivity contribution in [2.45, 2.75) is 26.0 Å². The highest BCUT2D eigenvalue weighted by molar-refractivity contribution is 5.33. The van der Waals surface area contributed by atoms with E-state index in [9.17, 15) is 5.11 Å². The molecule has 1 aromatic rings. The molecule has 1 aliphatic heterocycles. The molecular weight excluding hydrogens is 238 g/mol. The first-order valence-electron chi connectivity index (χ1n) is 6.75. The molecule has 0 bridgehead atoms. The lowest BCUT2D eigenvalue weighted by molar-refractivity contribution is 0.127. The number of aliphatic hydroxyl groups excluding tert-OH is 1. The number of terminal acetylenes is 1.